The highest BCUT2D eigenvalue weighted by molar-refractivity contribution is 5.73. The third-order valence-electron chi connectivity index (χ3n) is 2.47. The van der Waals surface area contributed by atoms with E-state index in [0.29, 0.717) is 0 Å². The quantitative estimate of drug-likeness (QED) is 0.524. The molecule has 64 valence electrons. The zero-order valence-corrected chi connectivity index (χ0v) is 7.07. The van der Waals surface area contributed by atoms with E-state index in [4.69, 9.17) is 4.74 Å². The predicted octanol–water partition coefficient (Wildman–Crippen LogP) is 0.565. The molecule has 0 aliphatic carbocycles. The molecule has 1 N–H and O–H groups in total. The highest BCUT2D eigenvalue weighted by Gasteiger charge is 2.37. The van der Waals surface area contributed by atoms with Crippen LogP contribution in [0.15, 0.2) is 0 Å². The summed E-state index contributed by atoms with van der Waals surface area (Å²) < 4.78 is 4.98. The van der Waals surface area contributed by atoms with Crippen molar-refractivity contribution < 1.29 is 14.6 Å². The maximum atomic E-state index is 11.0. The lowest BCUT2D eigenvalue weighted by Crippen LogP contribution is -2.45. The number of aliphatic hydroxyl groups excluding tert-OH is 1. The lowest BCUT2D eigenvalue weighted by molar-refractivity contribution is -0.175. The minimum atomic E-state index is -0.550. The Balaban J connectivity index is 2.70. The van der Waals surface area contributed by atoms with Crippen molar-refractivity contribution in [1.29, 1.82) is 0 Å². The Morgan fingerprint density at radius 1 is 1.36 bits per heavy atom. The number of esters is 1. The van der Waals surface area contributed by atoms with E-state index in [1.165, 1.54) is 0 Å². The summed E-state index contributed by atoms with van der Waals surface area (Å²) in [5.41, 5.74) is 0. The van der Waals surface area contributed by atoms with Crippen molar-refractivity contribution in [3.05, 3.63) is 0 Å². The van der Waals surface area contributed by atoms with Crippen LogP contribution in [-0.2, 0) is 9.53 Å². The lowest BCUT2D eigenvalue weighted by Gasteiger charge is -2.34. The topological polar surface area (TPSA) is 46.5 Å². The van der Waals surface area contributed by atoms with E-state index in [9.17, 15) is 9.90 Å². The summed E-state index contributed by atoms with van der Waals surface area (Å²) >= 11 is 0. The Morgan fingerprint density at radius 2 is 1.91 bits per heavy atom. The first kappa shape index (κ1) is 8.53. The molecule has 0 aromatic rings. The molecule has 3 nitrogen and oxygen atoms in total. The van der Waals surface area contributed by atoms with Crippen molar-refractivity contribution in [2.24, 2.45) is 11.8 Å². The normalized spacial score (nSPS) is 45.3. The van der Waals surface area contributed by atoms with Crippen molar-refractivity contribution in [1.82, 2.24) is 0 Å². The molecule has 0 aromatic carbocycles. The number of rotatable bonds is 0. The zero-order chi connectivity index (χ0) is 8.59. The van der Waals surface area contributed by atoms with Crippen LogP contribution in [0.25, 0.3) is 0 Å². The zero-order valence-electron chi connectivity index (χ0n) is 7.07. The van der Waals surface area contributed by atoms with Gasteiger partial charge in [-0.2, -0.15) is 0 Å². The first-order chi connectivity index (χ1) is 5.04. The third kappa shape index (κ3) is 1.38. The highest BCUT2D eigenvalue weighted by atomic mass is 16.5. The van der Waals surface area contributed by atoms with Crippen LogP contribution in [0.3, 0.4) is 0 Å². The van der Waals surface area contributed by atoms with Gasteiger partial charge in [0.15, 0.2) is 0 Å². The standard InChI is InChI=1S/C8H14O3/c1-4-6(3)11-8(10)5(2)7(4)9/h4-7,9H,1-3H3/t4-,5-,6+,7-/m1/s1. The second-order valence-electron chi connectivity index (χ2n) is 3.28. The number of hydrogen-bond donors (Lipinski definition) is 1. The molecule has 0 spiro atoms. The number of carbonyl (C=O) groups is 1. The van der Waals surface area contributed by atoms with E-state index in [0.717, 1.165) is 0 Å². The molecular weight excluding hydrogens is 144 g/mol. The van der Waals surface area contributed by atoms with Crippen molar-refractivity contribution in [2.75, 3.05) is 0 Å². The Kier molecular flexibility index (Phi) is 2.18. The van der Waals surface area contributed by atoms with Crippen LogP contribution in [0.1, 0.15) is 20.8 Å². The average molecular weight is 158 g/mol. The Bertz CT molecular complexity index is 167. The van der Waals surface area contributed by atoms with Crippen LogP contribution in [0.4, 0.5) is 0 Å². The van der Waals surface area contributed by atoms with Crippen LogP contribution >= 0.6 is 0 Å². The van der Waals surface area contributed by atoms with Crippen molar-refractivity contribution in [3.8, 4) is 0 Å². The monoisotopic (exact) mass is 158 g/mol. The number of hydrogen-bond acceptors (Lipinski definition) is 3. The number of carbonyl (C=O) groups excluding carboxylic acids is 1. The molecule has 0 saturated carbocycles. The van der Waals surface area contributed by atoms with Gasteiger partial charge < -0.3 is 9.84 Å². The number of ether oxygens (including phenoxy) is 1. The molecule has 11 heavy (non-hydrogen) atoms. The Hall–Kier alpha value is -0.570. The summed E-state index contributed by atoms with van der Waals surface area (Å²) in [4.78, 5) is 11.0. The van der Waals surface area contributed by atoms with Crippen LogP contribution in [-0.4, -0.2) is 23.3 Å². The summed E-state index contributed by atoms with van der Waals surface area (Å²) in [6.07, 6.45) is -0.708. The maximum absolute atomic E-state index is 11.0. The fourth-order valence-corrected chi connectivity index (χ4v) is 1.27. The third-order valence-corrected chi connectivity index (χ3v) is 2.47. The van der Waals surface area contributed by atoms with E-state index < -0.39 is 6.10 Å². The van der Waals surface area contributed by atoms with Gasteiger partial charge in [-0.25, -0.2) is 0 Å². The van der Waals surface area contributed by atoms with Crippen LogP contribution < -0.4 is 0 Å². The van der Waals surface area contributed by atoms with E-state index in [-0.39, 0.29) is 23.9 Å². The first-order valence-electron chi connectivity index (χ1n) is 3.92. The van der Waals surface area contributed by atoms with Gasteiger partial charge >= 0.3 is 5.97 Å². The Morgan fingerprint density at radius 3 is 2.45 bits per heavy atom. The minimum absolute atomic E-state index is 0.0442. The lowest BCUT2D eigenvalue weighted by atomic mass is 9.87. The molecule has 0 radical (unpaired) electrons. The predicted molar refractivity (Wildman–Crippen MR) is 39.9 cm³/mol. The summed E-state index contributed by atoms with van der Waals surface area (Å²) in [7, 11) is 0. The number of aliphatic hydroxyl groups is 1. The smallest absolute Gasteiger partial charge is 0.311 e. The maximum Gasteiger partial charge on any atom is 0.311 e. The van der Waals surface area contributed by atoms with Gasteiger partial charge in [0.25, 0.3) is 0 Å². The molecule has 1 saturated heterocycles. The molecule has 1 aliphatic rings. The molecule has 0 bridgehead atoms. The van der Waals surface area contributed by atoms with Gasteiger partial charge in [-0.1, -0.05) is 6.92 Å². The molecule has 4 atom stereocenters. The second-order valence-corrected chi connectivity index (χ2v) is 3.28. The second kappa shape index (κ2) is 2.81. The van der Waals surface area contributed by atoms with Crippen LogP contribution in [0, 0.1) is 11.8 Å². The fourth-order valence-electron chi connectivity index (χ4n) is 1.27. The summed E-state index contributed by atoms with van der Waals surface area (Å²) in [6.45, 7) is 5.38. The van der Waals surface area contributed by atoms with Crippen LogP contribution in [0.5, 0.6) is 0 Å². The molecule has 1 aliphatic heterocycles. The number of cyclic esters (lactones) is 1. The van der Waals surface area contributed by atoms with E-state index in [2.05, 4.69) is 0 Å². The molecule has 1 heterocycles. The van der Waals surface area contributed by atoms with Gasteiger partial charge in [0.2, 0.25) is 0 Å². The van der Waals surface area contributed by atoms with Gasteiger partial charge in [0.05, 0.1) is 12.0 Å². The Labute approximate surface area is 66.4 Å². The average Bonchev–Trinajstić information content (AvgIpc) is 1.97. The van der Waals surface area contributed by atoms with Crippen molar-refractivity contribution >= 4 is 5.97 Å². The summed E-state index contributed by atoms with van der Waals surface area (Å²) in [6, 6.07) is 0. The fraction of sp³-hybridized carbons (Fsp3) is 0.875. The van der Waals surface area contributed by atoms with Crippen LogP contribution in [0.2, 0.25) is 0 Å². The van der Waals surface area contributed by atoms with Gasteiger partial charge in [0.1, 0.15) is 6.10 Å². The van der Waals surface area contributed by atoms with Crippen molar-refractivity contribution in [2.45, 2.75) is 33.0 Å². The highest BCUT2D eigenvalue weighted by Crippen LogP contribution is 2.25. The van der Waals surface area contributed by atoms with Gasteiger partial charge in [-0.15, -0.1) is 0 Å². The summed E-state index contributed by atoms with van der Waals surface area (Å²) in [5, 5.41) is 9.49. The molecule has 1 rings (SSSR count). The molecule has 0 amide bonds. The molecule has 0 unspecified atom stereocenters. The van der Waals surface area contributed by atoms with E-state index in [1.54, 1.807) is 13.8 Å². The van der Waals surface area contributed by atoms with Gasteiger partial charge in [-0.05, 0) is 13.8 Å². The van der Waals surface area contributed by atoms with Crippen molar-refractivity contribution in [3.63, 3.8) is 0 Å². The van der Waals surface area contributed by atoms with E-state index >= 15 is 0 Å². The first-order valence-corrected chi connectivity index (χ1v) is 3.92. The van der Waals surface area contributed by atoms with Gasteiger partial charge in [-0.3, -0.25) is 4.79 Å². The molecule has 1 fully saturated rings. The SMILES string of the molecule is C[C@H]1[C@@H](O)[C@@H](C)C(=O)O[C@H]1C. The largest absolute Gasteiger partial charge is 0.462 e. The van der Waals surface area contributed by atoms with E-state index in [1.807, 2.05) is 6.92 Å². The minimum Gasteiger partial charge on any atom is -0.462 e. The van der Waals surface area contributed by atoms with Gasteiger partial charge in [0, 0.05) is 5.92 Å². The molecule has 3 heteroatoms. The summed E-state index contributed by atoms with van der Waals surface area (Å²) in [5.74, 6) is -0.619. The molecular formula is C8H14O3. The molecule has 0 aromatic heterocycles.